The van der Waals surface area contributed by atoms with E-state index in [-0.39, 0.29) is 33.6 Å². The van der Waals surface area contributed by atoms with Crippen molar-refractivity contribution in [2.24, 2.45) is 75.4 Å². The van der Waals surface area contributed by atoms with E-state index >= 15 is 0 Å². The molecule has 7 heteroatoms. The third-order valence-corrected chi connectivity index (χ3v) is 20.4. The summed E-state index contributed by atoms with van der Waals surface area (Å²) in [5, 5.41) is 13.8. The van der Waals surface area contributed by atoms with Crippen molar-refractivity contribution in [3.05, 3.63) is 53.3 Å². The standard InChI is InChI=1S/C55H83N3O3.FH/c1-35(2)51-49(61)33-55(25-26-56-34-39-11-13-41(14-12-39)58-29-20-42(21-30-58)57-27-9-8-10-28-57)24-19-47-43(52(51)55)15-16-50-53(6)22-17-40(36(3)46(53)18-23-54(47,50)7)31-48(60)45-32-44(37(45)4)38(5)59;/h11-14,35-37,40,42-47,50,56,59H,5,8-10,15-34H2,1-4,6-7H3;1H. The molecule has 2 heterocycles. The van der Waals surface area contributed by atoms with Crippen molar-refractivity contribution in [3.63, 3.8) is 0 Å². The van der Waals surface area contributed by atoms with Crippen LogP contribution < -0.4 is 10.2 Å². The van der Waals surface area contributed by atoms with Crippen LogP contribution in [0.15, 0.2) is 47.7 Å². The van der Waals surface area contributed by atoms with Gasteiger partial charge in [-0.3, -0.25) is 14.3 Å². The number of nitrogens with zero attached hydrogens (tertiary/aromatic N) is 2. The summed E-state index contributed by atoms with van der Waals surface area (Å²) < 4.78 is 0. The molecule has 5 saturated carbocycles. The minimum Gasteiger partial charge on any atom is -0.513 e. The Balaban J connectivity index is 0.00000529. The molecule has 6 aliphatic carbocycles. The Bertz CT molecular complexity index is 1830. The number of Topliss-reactive ketones (excluding diaryl/α,β-unsaturated/α-hetero) is 2. The number of fused-ring (bicyclic) bond motifs is 7. The number of hydrogen-bond donors (Lipinski definition) is 2. The summed E-state index contributed by atoms with van der Waals surface area (Å²) in [6.45, 7) is 25.1. The van der Waals surface area contributed by atoms with Crippen molar-refractivity contribution in [3.8, 4) is 0 Å². The summed E-state index contributed by atoms with van der Waals surface area (Å²) in [7, 11) is 0. The second-order valence-corrected chi connectivity index (χ2v) is 23.4. The maximum atomic E-state index is 14.1. The summed E-state index contributed by atoms with van der Waals surface area (Å²) in [5.74, 6) is 5.53. The average molecular weight is 854 g/mol. The molecule has 62 heavy (non-hydrogen) atoms. The second kappa shape index (κ2) is 18.0. The van der Waals surface area contributed by atoms with Gasteiger partial charge in [0.1, 0.15) is 5.78 Å². The Morgan fingerprint density at radius 3 is 2.21 bits per heavy atom. The van der Waals surface area contributed by atoms with E-state index in [0.717, 1.165) is 44.8 Å². The summed E-state index contributed by atoms with van der Waals surface area (Å²) in [4.78, 5) is 33.1. The molecule has 1 aromatic carbocycles. The van der Waals surface area contributed by atoms with Gasteiger partial charge in [-0.1, -0.05) is 72.2 Å². The van der Waals surface area contributed by atoms with Gasteiger partial charge >= 0.3 is 0 Å². The van der Waals surface area contributed by atoms with E-state index in [1.165, 1.54) is 126 Å². The van der Waals surface area contributed by atoms with Gasteiger partial charge in [-0.25, -0.2) is 0 Å². The fourth-order valence-corrected chi connectivity index (χ4v) is 16.9. The Labute approximate surface area is 375 Å². The number of likely N-dealkylation sites (tertiary alicyclic amines) is 1. The quantitative estimate of drug-likeness (QED) is 0.161. The predicted molar refractivity (Wildman–Crippen MR) is 252 cm³/mol. The zero-order chi connectivity index (χ0) is 42.8. The number of carbonyl (C=O) groups is 2. The third-order valence-electron chi connectivity index (χ3n) is 20.4. The van der Waals surface area contributed by atoms with E-state index < -0.39 is 0 Å². The molecule has 2 saturated heterocycles. The number of anilines is 1. The van der Waals surface area contributed by atoms with E-state index in [4.69, 9.17) is 0 Å². The SMILES string of the molecule is C=C(O)C1CC(C(=O)CC2CCC3(C)C(CCC4(C)C5CCC6(CCNCc7ccc(N8CCC(N9CCCCC9)CC8)cc7)CC(=O)C(C(C)C)=C6C5CCC43)C2C)C1C.F. The summed E-state index contributed by atoms with van der Waals surface area (Å²) >= 11 is 0. The van der Waals surface area contributed by atoms with Crippen LogP contribution >= 0.6 is 0 Å². The lowest BCUT2D eigenvalue weighted by molar-refractivity contribution is -0.172. The van der Waals surface area contributed by atoms with Gasteiger partial charge in [-0.15, -0.1) is 0 Å². The van der Waals surface area contributed by atoms with E-state index in [1.54, 1.807) is 5.57 Å². The lowest BCUT2D eigenvalue weighted by Crippen LogP contribution is -2.60. The zero-order valence-corrected chi connectivity index (χ0v) is 39.7. The largest absolute Gasteiger partial charge is 0.513 e. The predicted octanol–water partition coefficient (Wildman–Crippen LogP) is 11.9. The third kappa shape index (κ3) is 7.99. The Hall–Kier alpha value is -2.51. The zero-order valence-electron chi connectivity index (χ0n) is 39.7. The summed E-state index contributed by atoms with van der Waals surface area (Å²) in [5.41, 5.74) is 6.24. The number of halogens is 1. The first-order chi connectivity index (χ1) is 29.2. The Morgan fingerprint density at radius 2 is 1.53 bits per heavy atom. The van der Waals surface area contributed by atoms with Gasteiger partial charge in [-0.05, 0) is 191 Å². The van der Waals surface area contributed by atoms with E-state index in [2.05, 4.69) is 87.5 Å². The van der Waals surface area contributed by atoms with Crippen molar-refractivity contribution in [1.82, 2.24) is 10.2 Å². The van der Waals surface area contributed by atoms with Gasteiger partial charge in [0, 0.05) is 61.5 Å². The number of carbonyl (C=O) groups excluding carboxylic acids is 2. The normalized spacial score (nSPS) is 39.9. The molecule has 9 rings (SSSR count). The molecule has 2 aliphatic heterocycles. The molecule has 2 N–H and O–H groups in total. The van der Waals surface area contributed by atoms with Crippen LogP contribution in [0.3, 0.4) is 0 Å². The highest BCUT2D eigenvalue weighted by atomic mass is 19.0. The number of aliphatic hydroxyl groups is 1. The fraction of sp³-hybridized carbons (Fsp3) is 0.782. The molecule has 6 nitrogen and oxygen atoms in total. The lowest BCUT2D eigenvalue weighted by atomic mass is 9.37. The molecule has 12 atom stereocenters. The van der Waals surface area contributed by atoms with Crippen molar-refractivity contribution in [2.75, 3.05) is 37.6 Å². The van der Waals surface area contributed by atoms with Crippen LogP contribution in [0.4, 0.5) is 10.4 Å². The minimum atomic E-state index is 0. The Morgan fingerprint density at radius 1 is 0.855 bits per heavy atom. The first kappa shape index (κ1) is 46.0. The Kier molecular flexibility index (Phi) is 13.4. The molecule has 0 radical (unpaired) electrons. The van der Waals surface area contributed by atoms with Gasteiger partial charge < -0.3 is 20.2 Å². The molecule has 7 fully saturated rings. The topological polar surface area (TPSA) is 72.9 Å². The number of nitrogens with one attached hydrogen (secondary N) is 1. The molecule has 1 aromatic rings. The van der Waals surface area contributed by atoms with Gasteiger partial charge in [0.05, 0.1) is 5.76 Å². The lowest BCUT2D eigenvalue weighted by Gasteiger charge is -2.67. The van der Waals surface area contributed by atoms with Gasteiger partial charge in [-0.2, -0.15) is 0 Å². The van der Waals surface area contributed by atoms with Crippen LogP contribution in [0.5, 0.6) is 0 Å². The van der Waals surface area contributed by atoms with Crippen LogP contribution in [0.25, 0.3) is 0 Å². The number of benzene rings is 1. The molecule has 12 unspecified atom stereocenters. The van der Waals surface area contributed by atoms with Crippen molar-refractivity contribution in [2.45, 2.75) is 163 Å². The second-order valence-electron chi connectivity index (χ2n) is 23.4. The summed E-state index contributed by atoms with van der Waals surface area (Å²) in [6, 6.07) is 10.2. The first-order valence-electron chi connectivity index (χ1n) is 25.7. The highest BCUT2D eigenvalue weighted by molar-refractivity contribution is 6.00. The molecule has 0 spiro atoms. The number of rotatable bonds is 12. The monoisotopic (exact) mass is 854 g/mol. The number of allylic oxidation sites excluding steroid dienone is 3. The first-order valence-corrected chi connectivity index (χ1v) is 25.7. The van der Waals surface area contributed by atoms with E-state index in [9.17, 15) is 14.7 Å². The summed E-state index contributed by atoms with van der Waals surface area (Å²) in [6.07, 6.45) is 20.1. The van der Waals surface area contributed by atoms with Crippen LogP contribution in [0.2, 0.25) is 0 Å². The number of aliphatic hydroxyl groups excluding tert-OH is 1. The van der Waals surface area contributed by atoms with Crippen molar-refractivity contribution in [1.29, 1.82) is 0 Å². The molecular formula is C55H84FN3O3. The van der Waals surface area contributed by atoms with Gasteiger partial charge in [0.2, 0.25) is 0 Å². The van der Waals surface area contributed by atoms with Gasteiger partial charge in [0.15, 0.2) is 5.78 Å². The van der Waals surface area contributed by atoms with Crippen LogP contribution in [-0.4, -0.2) is 60.3 Å². The highest BCUT2D eigenvalue weighted by Crippen LogP contribution is 2.72. The maximum absolute atomic E-state index is 14.1. The molecule has 344 valence electrons. The van der Waals surface area contributed by atoms with Crippen LogP contribution in [0.1, 0.15) is 156 Å². The smallest absolute Gasteiger partial charge is 0.159 e. The van der Waals surface area contributed by atoms with Crippen LogP contribution in [0, 0.1) is 75.4 Å². The number of piperidine rings is 2. The van der Waals surface area contributed by atoms with Crippen LogP contribution in [-0.2, 0) is 16.1 Å². The van der Waals surface area contributed by atoms with E-state index in [0.29, 0.717) is 63.8 Å². The molecule has 0 aromatic heterocycles. The molecular weight excluding hydrogens is 770 g/mol. The molecule has 8 aliphatic rings. The van der Waals surface area contributed by atoms with Gasteiger partial charge in [0.25, 0.3) is 0 Å². The highest BCUT2D eigenvalue weighted by Gasteiger charge is 2.64. The average Bonchev–Trinajstić information content (AvgIpc) is 3.55. The molecule has 0 amide bonds. The fourth-order valence-electron chi connectivity index (χ4n) is 16.9. The van der Waals surface area contributed by atoms with Crippen molar-refractivity contribution >= 4 is 17.3 Å². The maximum Gasteiger partial charge on any atom is 0.159 e. The van der Waals surface area contributed by atoms with E-state index in [1.807, 2.05) is 0 Å². The number of ketones is 2. The number of hydrogen-bond acceptors (Lipinski definition) is 6. The molecule has 0 bridgehead atoms. The minimum absolute atomic E-state index is 0. The van der Waals surface area contributed by atoms with Crippen molar-refractivity contribution < 1.29 is 19.4 Å².